The van der Waals surface area contributed by atoms with Gasteiger partial charge in [0.15, 0.2) is 5.37 Å². The first-order chi connectivity index (χ1) is 6.75. The van der Waals surface area contributed by atoms with Gasteiger partial charge in [-0.25, -0.2) is 8.42 Å². The standard InChI is InChI=1S/C10H23NO3S/c1-6-11(7-2,8-3)10(9(4)5)15(12,13)14/h9-10H,6-8H2,1-5H3. The fourth-order valence-electron chi connectivity index (χ4n) is 2.45. The second kappa shape index (κ2) is 5.27. The zero-order chi connectivity index (χ0) is 12.3. The Morgan fingerprint density at radius 2 is 1.40 bits per heavy atom. The molecule has 0 saturated heterocycles. The molecule has 1 unspecified atom stereocenters. The lowest BCUT2D eigenvalue weighted by atomic mass is 10.1. The number of hydrogen-bond donors (Lipinski definition) is 0. The summed E-state index contributed by atoms with van der Waals surface area (Å²) in [6, 6.07) is 0. The van der Waals surface area contributed by atoms with E-state index in [1.807, 2.05) is 20.8 Å². The van der Waals surface area contributed by atoms with Crippen molar-refractivity contribution in [2.45, 2.75) is 40.0 Å². The van der Waals surface area contributed by atoms with E-state index in [-0.39, 0.29) is 5.92 Å². The first kappa shape index (κ1) is 14.9. The van der Waals surface area contributed by atoms with E-state index < -0.39 is 15.5 Å². The molecule has 92 valence electrons. The maximum absolute atomic E-state index is 11.3. The van der Waals surface area contributed by atoms with Crippen LogP contribution in [0.4, 0.5) is 0 Å². The van der Waals surface area contributed by atoms with Crippen LogP contribution >= 0.6 is 0 Å². The van der Waals surface area contributed by atoms with Crippen molar-refractivity contribution >= 4 is 10.1 Å². The molecule has 0 aliphatic carbocycles. The highest BCUT2D eigenvalue weighted by Gasteiger charge is 2.39. The van der Waals surface area contributed by atoms with Gasteiger partial charge in [0.25, 0.3) is 0 Å². The molecule has 0 radical (unpaired) electrons. The summed E-state index contributed by atoms with van der Waals surface area (Å²) < 4.78 is 34.3. The van der Waals surface area contributed by atoms with Crippen LogP contribution in [0.1, 0.15) is 34.6 Å². The minimum Gasteiger partial charge on any atom is -0.743 e. The quantitative estimate of drug-likeness (QED) is 0.518. The number of nitrogens with zero attached hydrogens (tertiary/aromatic N) is 1. The van der Waals surface area contributed by atoms with Crippen molar-refractivity contribution in [3.05, 3.63) is 0 Å². The normalized spacial score (nSPS) is 15.7. The van der Waals surface area contributed by atoms with Crippen molar-refractivity contribution in [3.63, 3.8) is 0 Å². The van der Waals surface area contributed by atoms with Crippen molar-refractivity contribution in [3.8, 4) is 0 Å². The van der Waals surface area contributed by atoms with E-state index in [0.717, 1.165) is 0 Å². The molecule has 0 amide bonds. The average Bonchev–Trinajstić information content (AvgIpc) is 2.11. The maximum Gasteiger partial charge on any atom is 0.181 e. The Bertz CT molecular complexity index is 273. The van der Waals surface area contributed by atoms with E-state index in [0.29, 0.717) is 24.1 Å². The van der Waals surface area contributed by atoms with Crippen molar-refractivity contribution in [2.75, 3.05) is 19.6 Å². The van der Waals surface area contributed by atoms with E-state index in [1.54, 1.807) is 13.8 Å². The summed E-state index contributed by atoms with van der Waals surface area (Å²) in [7, 11) is -4.24. The minimum absolute atomic E-state index is 0.146. The second-order valence-electron chi connectivity index (χ2n) is 4.29. The molecule has 0 spiro atoms. The predicted molar refractivity (Wildman–Crippen MR) is 60.2 cm³/mol. The van der Waals surface area contributed by atoms with Crippen molar-refractivity contribution in [1.29, 1.82) is 0 Å². The van der Waals surface area contributed by atoms with Crippen LogP contribution in [0.2, 0.25) is 0 Å². The van der Waals surface area contributed by atoms with Crippen LogP contribution in [0.15, 0.2) is 0 Å². The highest BCUT2D eigenvalue weighted by atomic mass is 32.2. The summed E-state index contributed by atoms with van der Waals surface area (Å²) in [6.45, 7) is 11.4. The third-order valence-electron chi connectivity index (χ3n) is 3.30. The van der Waals surface area contributed by atoms with Crippen molar-refractivity contribution < 1.29 is 17.5 Å². The highest BCUT2D eigenvalue weighted by molar-refractivity contribution is 7.86. The van der Waals surface area contributed by atoms with Gasteiger partial charge >= 0.3 is 0 Å². The molecule has 15 heavy (non-hydrogen) atoms. The zero-order valence-corrected chi connectivity index (χ0v) is 11.2. The van der Waals surface area contributed by atoms with Crippen molar-refractivity contribution in [1.82, 2.24) is 0 Å². The van der Waals surface area contributed by atoms with E-state index in [4.69, 9.17) is 0 Å². The summed E-state index contributed by atoms with van der Waals surface area (Å²) in [5, 5.41) is -0.822. The lowest BCUT2D eigenvalue weighted by Gasteiger charge is -2.45. The Labute approximate surface area is 93.6 Å². The fraction of sp³-hybridized carbons (Fsp3) is 1.00. The molecule has 0 heterocycles. The molecular formula is C10H23NO3S. The number of quaternary nitrogens is 1. The Morgan fingerprint density at radius 3 is 1.47 bits per heavy atom. The zero-order valence-electron chi connectivity index (χ0n) is 10.4. The first-order valence-electron chi connectivity index (χ1n) is 5.55. The van der Waals surface area contributed by atoms with Crippen LogP contribution in [-0.4, -0.2) is 42.5 Å². The summed E-state index contributed by atoms with van der Waals surface area (Å²) in [5.74, 6) is -0.146. The van der Waals surface area contributed by atoms with Gasteiger partial charge in [-0.2, -0.15) is 0 Å². The fourth-order valence-corrected chi connectivity index (χ4v) is 4.11. The van der Waals surface area contributed by atoms with Crippen LogP contribution in [-0.2, 0) is 10.1 Å². The maximum atomic E-state index is 11.3. The van der Waals surface area contributed by atoms with E-state index in [2.05, 4.69) is 0 Å². The van der Waals surface area contributed by atoms with Crippen molar-refractivity contribution in [2.24, 2.45) is 5.92 Å². The lowest BCUT2D eigenvalue weighted by molar-refractivity contribution is -0.937. The molecule has 0 bridgehead atoms. The molecule has 0 saturated carbocycles. The average molecular weight is 237 g/mol. The lowest BCUT2D eigenvalue weighted by Crippen LogP contribution is -2.60. The Hall–Kier alpha value is -0.130. The van der Waals surface area contributed by atoms with Crippen LogP contribution < -0.4 is 0 Å². The molecule has 0 aromatic carbocycles. The van der Waals surface area contributed by atoms with Gasteiger partial charge in [0.1, 0.15) is 10.1 Å². The van der Waals surface area contributed by atoms with E-state index >= 15 is 0 Å². The molecule has 0 aliphatic heterocycles. The number of hydrogen-bond acceptors (Lipinski definition) is 3. The van der Waals surface area contributed by atoms with Gasteiger partial charge in [0, 0.05) is 5.92 Å². The van der Waals surface area contributed by atoms with Gasteiger partial charge in [-0.05, 0) is 20.8 Å². The molecular weight excluding hydrogens is 214 g/mol. The smallest absolute Gasteiger partial charge is 0.181 e. The molecule has 0 N–H and O–H groups in total. The van der Waals surface area contributed by atoms with Crippen LogP contribution in [0.25, 0.3) is 0 Å². The predicted octanol–water partition coefficient (Wildman–Crippen LogP) is 1.39. The van der Waals surface area contributed by atoms with E-state index in [1.165, 1.54) is 0 Å². The van der Waals surface area contributed by atoms with E-state index in [9.17, 15) is 13.0 Å². The molecule has 0 rings (SSSR count). The summed E-state index contributed by atoms with van der Waals surface area (Å²) in [6.07, 6.45) is 0. The summed E-state index contributed by atoms with van der Waals surface area (Å²) in [5.41, 5.74) is 0. The summed E-state index contributed by atoms with van der Waals surface area (Å²) >= 11 is 0. The molecule has 4 nitrogen and oxygen atoms in total. The monoisotopic (exact) mass is 237 g/mol. The van der Waals surface area contributed by atoms with Gasteiger partial charge in [-0.15, -0.1) is 0 Å². The Balaban J connectivity index is 5.40. The Kier molecular flexibility index (Phi) is 5.23. The van der Waals surface area contributed by atoms with Gasteiger partial charge in [-0.3, -0.25) is 0 Å². The molecule has 1 atom stereocenters. The SMILES string of the molecule is CC[N+](CC)(CC)C(C(C)C)S(=O)(=O)[O-]. The highest BCUT2D eigenvalue weighted by Crippen LogP contribution is 2.24. The molecule has 0 aliphatic rings. The molecule has 0 aromatic heterocycles. The molecule has 0 aromatic rings. The first-order valence-corrected chi connectivity index (χ1v) is 7.02. The molecule has 5 heteroatoms. The van der Waals surface area contributed by atoms with Gasteiger partial charge < -0.3 is 9.04 Å². The topological polar surface area (TPSA) is 57.2 Å². The Morgan fingerprint density at radius 1 is 1.07 bits per heavy atom. The van der Waals surface area contributed by atoms with Gasteiger partial charge in [-0.1, -0.05) is 13.8 Å². The largest absolute Gasteiger partial charge is 0.743 e. The van der Waals surface area contributed by atoms with Crippen LogP contribution in [0, 0.1) is 5.92 Å². The second-order valence-corrected chi connectivity index (χ2v) is 5.76. The van der Waals surface area contributed by atoms with Gasteiger partial charge in [0.05, 0.1) is 19.6 Å². The third kappa shape index (κ3) is 3.16. The van der Waals surface area contributed by atoms with Crippen LogP contribution in [0.3, 0.4) is 0 Å². The third-order valence-corrected chi connectivity index (χ3v) is 4.88. The van der Waals surface area contributed by atoms with Gasteiger partial charge in [0.2, 0.25) is 0 Å². The number of rotatable bonds is 6. The summed E-state index contributed by atoms with van der Waals surface area (Å²) in [4.78, 5) is 0. The van der Waals surface area contributed by atoms with Crippen LogP contribution in [0.5, 0.6) is 0 Å². The molecule has 0 fully saturated rings. The minimum atomic E-state index is -4.24.